The fourth-order valence-electron chi connectivity index (χ4n) is 2.63. The standard InChI is InChI=1S/C18H16N8O/c27-18(9-14-3-7-17(8-4-14)26-13-20-23-24-26)22-16-5-1-15(2-6-16)10-25-12-19-11-21-25/h1-8,11-13H,9-10H2,(H,22,27). The van der Waals surface area contributed by atoms with E-state index in [0.29, 0.717) is 6.54 Å². The van der Waals surface area contributed by atoms with Gasteiger partial charge in [0.05, 0.1) is 18.7 Å². The van der Waals surface area contributed by atoms with Crippen LogP contribution in [0.25, 0.3) is 5.69 Å². The first-order chi connectivity index (χ1) is 13.3. The molecule has 1 N–H and O–H groups in total. The molecule has 0 saturated carbocycles. The van der Waals surface area contributed by atoms with Gasteiger partial charge in [0.15, 0.2) is 0 Å². The van der Waals surface area contributed by atoms with Crippen LogP contribution in [0, 0.1) is 0 Å². The fraction of sp³-hybridized carbons (Fsp3) is 0.111. The van der Waals surface area contributed by atoms with Gasteiger partial charge in [0.1, 0.15) is 19.0 Å². The minimum Gasteiger partial charge on any atom is -0.326 e. The molecule has 0 bridgehead atoms. The third-order valence-corrected chi connectivity index (χ3v) is 3.96. The van der Waals surface area contributed by atoms with Gasteiger partial charge in [0, 0.05) is 5.69 Å². The molecule has 4 rings (SSSR count). The summed E-state index contributed by atoms with van der Waals surface area (Å²) >= 11 is 0. The Kier molecular flexibility index (Phi) is 4.64. The molecule has 0 radical (unpaired) electrons. The van der Waals surface area contributed by atoms with Crippen molar-refractivity contribution in [3.8, 4) is 5.69 Å². The molecule has 0 saturated heterocycles. The summed E-state index contributed by atoms with van der Waals surface area (Å²) in [5, 5.41) is 18.0. The number of rotatable bonds is 6. The molecule has 0 unspecified atom stereocenters. The van der Waals surface area contributed by atoms with Crippen LogP contribution in [-0.4, -0.2) is 40.9 Å². The highest BCUT2D eigenvalue weighted by Crippen LogP contribution is 2.12. The smallest absolute Gasteiger partial charge is 0.228 e. The van der Waals surface area contributed by atoms with E-state index in [1.807, 2.05) is 48.5 Å². The van der Waals surface area contributed by atoms with Gasteiger partial charge in [0.2, 0.25) is 5.91 Å². The molecule has 0 spiro atoms. The maximum Gasteiger partial charge on any atom is 0.228 e. The SMILES string of the molecule is O=C(Cc1ccc(-n2cnnn2)cc1)Nc1ccc(Cn2cncn2)cc1. The number of hydrogen-bond acceptors (Lipinski definition) is 6. The minimum atomic E-state index is -0.0748. The molecule has 2 aromatic heterocycles. The van der Waals surface area contributed by atoms with Crippen LogP contribution < -0.4 is 5.32 Å². The van der Waals surface area contributed by atoms with Gasteiger partial charge < -0.3 is 5.32 Å². The number of aromatic nitrogens is 7. The van der Waals surface area contributed by atoms with Gasteiger partial charge in [-0.3, -0.25) is 4.79 Å². The number of anilines is 1. The summed E-state index contributed by atoms with van der Waals surface area (Å²) in [6.45, 7) is 0.641. The van der Waals surface area contributed by atoms with Crippen molar-refractivity contribution in [2.45, 2.75) is 13.0 Å². The second-order valence-electron chi connectivity index (χ2n) is 5.94. The number of benzene rings is 2. The molecule has 0 aliphatic carbocycles. The van der Waals surface area contributed by atoms with E-state index in [9.17, 15) is 4.79 Å². The van der Waals surface area contributed by atoms with Crippen molar-refractivity contribution in [1.29, 1.82) is 0 Å². The number of hydrogen-bond donors (Lipinski definition) is 1. The zero-order chi connectivity index (χ0) is 18.5. The summed E-state index contributed by atoms with van der Waals surface area (Å²) in [5.41, 5.74) is 3.59. The molecule has 0 aliphatic heterocycles. The molecular formula is C18H16N8O. The summed E-state index contributed by atoms with van der Waals surface area (Å²) in [4.78, 5) is 16.2. The highest BCUT2D eigenvalue weighted by Gasteiger charge is 2.06. The Balaban J connectivity index is 1.33. The first-order valence-corrected chi connectivity index (χ1v) is 8.30. The van der Waals surface area contributed by atoms with Gasteiger partial charge in [-0.2, -0.15) is 5.10 Å². The molecule has 2 heterocycles. The number of tetrazole rings is 1. The van der Waals surface area contributed by atoms with E-state index < -0.39 is 0 Å². The van der Waals surface area contributed by atoms with Gasteiger partial charge in [0.25, 0.3) is 0 Å². The van der Waals surface area contributed by atoms with E-state index >= 15 is 0 Å². The predicted molar refractivity (Wildman–Crippen MR) is 97.1 cm³/mol. The van der Waals surface area contributed by atoms with E-state index in [0.717, 1.165) is 22.5 Å². The normalized spacial score (nSPS) is 10.7. The van der Waals surface area contributed by atoms with Crippen molar-refractivity contribution in [1.82, 2.24) is 35.0 Å². The highest BCUT2D eigenvalue weighted by molar-refractivity contribution is 5.92. The molecular weight excluding hydrogens is 344 g/mol. The Morgan fingerprint density at radius 2 is 1.74 bits per heavy atom. The zero-order valence-electron chi connectivity index (χ0n) is 14.3. The van der Waals surface area contributed by atoms with Gasteiger partial charge in [-0.1, -0.05) is 24.3 Å². The van der Waals surface area contributed by atoms with Gasteiger partial charge in [-0.25, -0.2) is 14.3 Å². The summed E-state index contributed by atoms with van der Waals surface area (Å²) in [6, 6.07) is 15.2. The lowest BCUT2D eigenvalue weighted by Gasteiger charge is -2.07. The zero-order valence-corrected chi connectivity index (χ0v) is 14.3. The Morgan fingerprint density at radius 3 is 2.41 bits per heavy atom. The molecule has 2 aromatic carbocycles. The van der Waals surface area contributed by atoms with Crippen molar-refractivity contribution in [2.75, 3.05) is 5.32 Å². The van der Waals surface area contributed by atoms with Gasteiger partial charge >= 0.3 is 0 Å². The number of carbonyl (C=O) groups excluding carboxylic acids is 1. The molecule has 0 atom stereocenters. The van der Waals surface area contributed by atoms with Gasteiger partial charge in [-0.15, -0.1) is 5.10 Å². The van der Waals surface area contributed by atoms with Crippen LogP contribution in [-0.2, 0) is 17.8 Å². The van der Waals surface area contributed by atoms with Crippen molar-refractivity contribution in [3.05, 3.63) is 78.6 Å². The number of carbonyl (C=O) groups is 1. The molecule has 0 fully saturated rings. The molecule has 4 aromatic rings. The highest BCUT2D eigenvalue weighted by atomic mass is 16.1. The lowest BCUT2D eigenvalue weighted by molar-refractivity contribution is -0.115. The van der Waals surface area contributed by atoms with E-state index in [4.69, 9.17) is 0 Å². The quantitative estimate of drug-likeness (QED) is 0.559. The van der Waals surface area contributed by atoms with Crippen LogP contribution in [0.2, 0.25) is 0 Å². The van der Waals surface area contributed by atoms with Crippen molar-refractivity contribution < 1.29 is 4.79 Å². The molecule has 9 nitrogen and oxygen atoms in total. The Labute approximate surface area is 154 Å². The second-order valence-corrected chi connectivity index (χ2v) is 5.94. The fourth-order valence-corrected chi connectivity index (χ4v) is 2.63. The van der Waals surface area contributed by atoms with Crippen LogP contribution in [0.15, 0.2) is 67.5 Å². The molecule has 9 heteroatoms. The Morgan fingerprint density at radius 1 is 0.963 bits per heavy atom. The third-order valence-electron chi connectivity index (χ3n) is 3.96. The number of nitrogens with zero attached hydrogens (tertiary/aromatic N) is 7. The third kappa shape index (κ3) is 4.21. The van der Waals surface area contributed by atoms with Crippen LogP contribution in [0.4, 0.5) is 5.69 Å². The first kappa shape index (κ1) is 16.6. The maximum atomic E-state index is 12.3. The Bertz CT molecular complexity index is 993. The average Bonchev–Trinajstić information content (AvgIpc) is 3.38. The maximum absolute atomic E-state index is 12.3. The summed E-state index contributed by atoms with van der Waals surface area (Å²) in [5.74, 6) is -0.0748. The molecule has 1 amide bonds. The first-order valence-electron chi connectivity index (χ1n) is 8.30. The van der Waals surface area contributed by atoms with Crippen LogP contribution in [0.1, 0.15) is 11.1 Å². The molecule has 134 valence electrons. The van der Waals surface area contributed by atoms with Crippen LogP contribution >= 0.6 is 0 Å². The molecule has 0 aliphatic rings. The topological polar surface area (TPSA) is 103 Å². The number of amides is 1. The van der Waals surface area contributed by atoms with Crippen molar-refractivity contribution >= 4 is 11.6 Å². The van der Waals surface area contributed by atoms with Crippen molar-refractivity contribution in [2.24, 2.45) is 0 Å². The van der Waals surface area contributed by atoms with Crippen LogP contribution in [0.5, 0.6) is 0 Å². The summed E-state index contributed by atoms with van der Waals surface area (Å²) < 4.78 is 3.30. The van der Waals surface area contributed by atoms with Crippen LogP contribution in [0.3, 0.4) is 0 Å². The van der Waals surface area contributed by atoms with E-state index in [1.54, 1.807) is 15.7 Å². The monoisotopic (exact) mass is 360 g/mol. The lowest BCUT2D eigenvalue weighted by Crippen LogP contribution is -2.14. The van der Waals surface area contributed by atoms with E-state index in [-0.39, 0.29) is 12.3 Å². The summed E-state index contributed by atoms with van der Waals surface area (Å²) in [6.07, 6.45) is 4.98. The molecule has 27 heavy (non-hydrogen) atoms. The van der Waals surface area contributed by atoms with Gasteiger partial charge in [-0.05, 0) is 45.8 Å². The van der Waals surface area contributed by atoms with E-state index in [2.05, 4.69) is 30.9 Å². The second kappa shape index (κ2) is 7.56. The van der Waals surface area contributed by atoms with Crippen molar-refractivity contribution in [3.63, 3.8) is 0 Å². The lowest BCUT2D eigenvalue weighted by atomic mass is 10.1. The summed E-state index contributed by atoms with van der Waals surface area (Å²) in [7, 11) is 0. The minimum absolute atomic E-state index is 0.0748. The number of nitrogens with one attached hydrogen (secondary N) is 1. The van der Waals surface area contributed by atoms with E-state index in [1.165, 1.54) is 12.7 Å². The average molecular weight is 360 g/mol. The predicted octanol–water partition coefficient (Wildman–Crippen LogP) is 1.48. The Hall–Kier alpha value is -3.88. The largest absolute Gasteiger partial charge is 0.326 e.